The molecule has 0 aliphatic carbocycles. The summed E-state index contributed by atoms with van der Waals surface area (Å²) in [6.07, 6.45) is 2.72. The third kappa shape index (κ3) is 7.77. The van der Waals surface area contributed by atoms with Gasteiger partial charge in [-0.25, -0.2) is 4.79 Å². The summed E-state index contributed by atoms with van der Waals surface area (Å²) in [5.74, 6) is -0.361. The summed E-state index contributed by atoms with van der Waals surface area (Å²) in [7, 11) is 0. The minimum atomic E-state index is -0.564. The topological polar surface area (TPSA) is 91.5 Å². The molecular weight excluding hydrogens is 328 g/mol. The Kier molecular flexibility index (Phi) is 9.21. The minimum absolute atomic E-state index is 0.276. The number of thiocarbonyl (C=S) groups is 1. The lowest BCUT2D eigenvalue weighted by atomic mass is 10.2. The van der Waals surface area contributed by atoms with Crippen LogP contribution >= 0.6 is 12.2 Å². The maximum absolute atomic E-state index is 12.1. The van der Waals surface area contributed by atoms with Crippen molar-refractivity contribution in [2.24, 2.45) is 0 Å². The quantitative estimate of drug-likeness (QED) is 0.342. The largest absolute Gasteiger partial charge is 0.450 e. The average molecular weight is 352 g/mol. The summed E-state index contributed by atoms with van der Waals surface area (Å²) in [6.45, 7) is 4.88. The molecule has 0 heterocycles. The van der Waals surface area contributed by atoms with Crippen molar-refractivity contribution in [3.63, 3.8) is 0 Å². The van der Waals surface area contributed by atoms with Gasteiger partial charge in [0, 0.05) is 17.8 Å². The maximum atomic E-state index is 12.1. The number of carbonyl (C=O) groups is 2. The van der Waals surface area contributed by atoms with Crippen molar-refractivity contribution in [1.29, 1.82) is 0 Å². The second-order valence-electron chi connectivity index (χ2n) is 4.97. The second kappa shape index (κ2) is 11.2. The van der Waals surface area contributed by atoms with Crippen LogP contribution in [0.1, 0.15) is 43.5 Å². The van der Waals surface area contributed by atoms with E-state index in [1.54, 1.807) is 31.2 Å². The smallest absolute Gasteiger partial charge is 0.411 e. The number of hydrogen-bond donors (Lipinski definition) is 4. The SMILES string of the molecule is CCCCCNC(=S)NNC(=O)c1cccc(NC(=O)OCC)c1. The first-order valence-electron chi connectivity index (χ1n) is 7.94. The van der Waals surface area contributed by atoms with Gasteiger partial charge in [0.05, 0.1) is 6.61 Å². The molecule has 7 nitrogen and oxygen atoms in total. The molecule has 0 fully saturated rings. The molecule has 0 aliphatic heterocycles. The Morgan fingerprint density at radius 1 is 1.17 bits per heavy atom. The van der Waals surface area contributed by atoms with Crippen LogP contribution in [0.5, 0.6) is 0 Å². The fraction of sp³-hybridized carbons (Fsp3) is 0.438. The Hall–Kier alpha value is -2.35. The highest BCUT2D eigenvalue weighted by molar-refractivity contribution is 7.80. The first-order chi connectivity index (χ1) is 11.6. The van der Waals surface area contributed by atoms with Gasteiger partial charge in [0.25, 0.3) is 5.91 Å². The van der Waals surface area contributed by atoms with Gasteiger partial charge < -0.3 is 10.1 Å². The summed E-state index contributed by atoms with van der Waals surface area (Å²) in [6, 6.07) is 6.51. The molecule has 2 amide bonds. The predicted octanol–water partition coefficient (Wildman–Crippen LogP) is 2.55. The molecule has 0 saturated carbocycles. The number of nitrogens with one attached hydrogen (secondary N) is 4. The van der Waals surface area contributed by atoms with Crippen molar-refractivity contribution in [3.05, 3.63) is 29.8 Å². The Morgan fingerprint density at radius 2 is 1.96 bits per heavy atom. The number of unbranched alkanes of at least 4 members (excludes halogenated alkanes) is 2. The Bertz CT molecular complexity index is 566. The highest BCUT2D eigenvalue weighted by Gasteiger charge is 2.08. The molecule has 0 atom stereocenters. The van der Waals surface area contributed by atoms with Crippen molar-refractivity contribution in [3.8, 4) is 0 Å². The fourth-order valence-corrected chi connectivity index (χ4v) is 1.98. The second-order valence-corrected chi connectivity index (χ2v) is 5.38. The zero-order valence-electron chi connectivity index (χ0n) is 14.0. The van der Waals surface area contributed by atoms with Gasteiger partial charge >= 0.3 is 6.09 Å². The van der Waals surface area contributed by atoms with Crippen molar-refractivity contribution < 1.29 is 14.3 Å². The summed E-state index contributed by atoms with van der Waals surface area (Å²) >= 11 is 5.07. The van der Waals surface area contributed by atoms with Crippen molar-refractivity contribution in [1.82, 2.24) is 16.2 Å². The molecule has 4 N–H and O–H groups in total. The highest BCUT2D eigenvalue weighted by atomic mass is 32.1. The lowest BCUT2D eigenvalue weighted by Gasteiger charge is -2.12. The number of amides is 2. The van der Waals surface area contributed by atoms with Gasteiger partial charge in [0.1, 0.15) is 0 Å². The highest BCUT2D eigenvalue weighted by Crippen LogP contribution is 2.10. The maximum Gasteiger partial charge on any atom is 0.411 e. The zero-order valence-corrected chi connectivity index (χ0v) is 14.8. The molecule has 132 valence electrons. The van der Waals surface area contributed by atoms with Crippen LogP contribution in [0.3, 0.4) is 0 Å². The van der Waals surface area contributed by atoms with Crippen molar-refractivity contribution >= 4 is 35.0 Å². The molecule has 1 rings (SSSR count). The van der Waals surface area contributed by atoms with E-state index in [0.717, 1.165) is 25.8 Å². The van der Waals surface area contributed by atoms with Crippen molar-refractivity contribution in [2.75, 3.05) is 18.5 Å². The van der Waals surface area contributed by atoms with Crippen LogP contribution in [0.2, 0.25) is 0 Å². The van der Waals surface area contributed by atoms with Gasteiger partial charge in [-0.15, -0.1) is 0 Å². The molecule has 0 spiro atoms. The summed E-state index contributed by atoms with van der Waals surface area (Å²) in [5.41, 5.74) is 6.01. The van der Waals surface area contributed by atoms with E-state index >= 15 is 0 Å². The average Bonchev–Trinajstić information content (AvgIpc) is 2.57. The van der Waals surface area contributed by atoms with Crippen LogP contribution < -0.4 is 21.5 Å². The lowest BCUT2D eigenvalue weighted by Crippen LogP contribution is -2.47. The first-order valence-corrected chi connectivity index (χ1v) is 8.35. The van der Waals surface area contributed by atoms with Crippen LogP contribution in [0.4, 0.5) is 10.5 Å². The Morgan fingerprint density at radius 3 is 2.67 bits per heavy atom. The summed E-state index contributed by atoms with van der Waals surface area (Å²) in [5, 5.41) is 5.91. The van der Waals surface area contributed by atoms with E-state index < -0.39 is 6.09 Å². The molecule has 1 aromatic carbocycles. The molecule has 24 heavy (non-hydrogen) atoms. The third-order valence-corrected chi connectivity index (χ3v) is 3.25. The van der Waals surface area contributed by atoms with Crippen LogP contribution in [-0.4, -0.2) is 30.3 Å². The predicted molar refractivity (Wildman–Crippen MR) is 97.8 cm³/mol. The van der Waals surface area contributed by atoms with E-state index in [1.807, 2.05) is 0 Å². The molecule has 0 aromatic heterocycles. The number of hydrazine groups is 1. The zero-order chi connectivity index (χ0) is 17.8. The van der Waals surface area contributed by atoms with E-state index in [4.69, 9.17) is 17.0 Å². The van der Waals surface area contributed by atoms with Crippen molar-refractivity contribution in [2.45, 2.75) is 33.1 Å². The van der Waals surface area contributed by atoms with Crippen LogP contribution in [-0.2, 0) is 4.74 Å². The molecule has 1 aromatic rings. The molecule has 0 unspecified atom stereocenters. The normalized spacial score (nSPS) is 9.75. The summed E-state index contributed by atoms with van der Waals surface area (Å²) < 4.78 is 4.79. The molecule has 0 bridgehead atoms. The van der Waals surface area contributed by atoms with Gasteiger partial charge in [-0.3, -0.25) is 21.0 Å². The van der Waals surface area contributed by atoms with Crippen LogP contribution in [0, 0.1) is 0 Å². The molecule has 0 saturated heterocycles. The standard InChI is InChI=1S/C16H24N4O3S/c1-3-5-6-10-17-15(24)20-19-14(21)12-8-7-9-13(11-12)18-16(22)23-4-2/h7-9,11H,3-6,10H2,1-2H3,(H,18,22)(H,19,21)(H2,17,20,24). The van der Waals surface area contributed by atoms with Gasteiger partial charge in [0.15, 0.2) is 5.11 Å². The van der Waals surface area contributed by atoms with E-state index in [9.17, 15) is 9.59 Å². The molecule has 8 heteroatoms. The monoisotopic (exact) mass is 352 g/mol. The minimum Gasteiger partial charge on any atom is -0.450 e. The van der Waals surface area contributed by atoms with Gasteiger partial charge in [0.2, 0.25) is 0 Å². The van der Waals surface area contributed by atoms with E-state index in [-0.39, 0.29) is 12.5 Å². The van der Waals surface area contributed by atoms with Gasteiger partial charge in [-0.05, 0) is 43.8 Å². The number of carbonyl (C=O) groups excluding carboxylic acids is 2. The number of rotatable bonds is 7. The lowest BCUT2D eigenvalue weighted by molar-refractivity contribution is 0.0943. The number of ether oxygens (including phenoxy) is 1. The molecular formula is C16H24N4O3S. The number of hydrogen-bond acceptors (Lipinski definition) is 4. The summed E-state index contributed by atoms with van der Waals surface area (Å²) in [4.78, 5) is 23.5. The van der Waals surface area contributed by atoms with E-state index in [0.29, 0.717) is 16.4 Å². The Balaban J connectivity index is 2.44. The fourth-order valence-electron chi connectivity index (χ4n) is 1.83. The first kappa shape index (κ1) is 19.7. The third-order valence-electron chi connectivity index (χ3n) is 3.00. The van der Waals surface area contributed by atoms with E-state index in [1.165, 1.54) is 0 Å². The van der Waals surface area contributed by atoms with Crippen LogP contribution in [0.25, 0.3) is 0 Å². The van der Waals surface area contributed by atoms with E-state index in [2.05, 4.69) is 28.4 Å². The van der Waals surface area contributed by atoms with Gasteiger partial charge in [-0.2, -0.15) is 0 Å². The number of benzene rings is 1. The van der Waals surface area contributed by atoms with Gasteiger partial charge in [-0.1, -0.05) is 25.8 Å². The van der Waals surface area contributed by atoms with Crippen LogP contribution in [0.15, 0.2) is 24.3 Å². The molecule has 0 radical (unpaired) electrons. The number of anilines is 1. The molecule has 0 aliphatic rings. The Labute approximate surface area is 147 Å².